The number of carbonyl (C=O) groups is 1. The number of aromatic nitrogens is 1. The van der Waals surface area contributed by atoms with Gasteiger partial charge in [0.25, 0.3) is 5.91 Å². The monoisotopic (exact) mass is 498 g/mol. The molecular formula is C35H34N2O. The summed E-state index contributed by atoms with van der Waals surface area (Å²) in [5.74, 6) is 0.485. The molecule has 0 unspecified atom stereocenters. The second-order valence-corrected chi connectivity index (χ2v) is 10.9. The number of nitrogens with zero attached hydrogens (tertiary/aromatic N) is 1. The molecule has 3 nitrogen and oxygen atoms in total. The Balaban J connectivity index is 1.39. The molecule has 3 heteroatoms. The van der Waals surface area contributed by atoms with Crippen LogP contribution >= 0.6 is 0 Å². The van der Waals surface area contributed by atoms with E-state index in [1.807, 2.05) is 25.1 Å². The van der Waals surface area contributed by atoms with Gasteiger partial charge < -0.3 is 5.32 Å². The maximum Gasteiger partial charge on any atom is 0.255 e. The number of fused-ring (bicyclic) bond motifs is 3. The number of hydrogen-bond acceptors (Lipinski definition) is 2. The Morgan fingerprint density at radius 2 is 1.76 bits per heavy atom. The van der Waals surface area contributed by atoms with Crippen molar-refractivity contribution in [2.45, 2.75) is 50.9 Å². The summed E-state index contributed by atoms with van der Waals surface area (Å²) in [6.45, 7) is 1.92. The maximum absolute atomic E-state index is 13.2. The van der Waals surface area contributed by atoms with Crippen LogP contribution in [0.15, 0.2) is 103 Å². The number of benzene rings is 3. The minimum absolute atomic E-state index is 0.0282. The van der Waals surface area contributed by atoms with E-state index in [0.717, 1.165) is 49.0 Å². The highest BCUT2D eigenvalue weighted by molar-refractivity contribution is 6.04. The summed E-state index contributed by atoms with van der Waals surface area (Å²) in [4.78, 5) is 17.6. The molecule has 6 rings (SSSR count). The fraction of sp³-hybridized carbons (Fsp3) is 0.257. The van der Waals surface area contributed by atoms with E-state index in [-0.39, 0.29) is 11.3 Å². The van der Waals surface area contributed by atoms with Crippen LogP contribution in [-0.2, 0) is 18.3 Å². The zero-order valence-electron chi connectivity index (χ0n) is 22.0. The zero-order chi connectivity index (χ0) is 26.0. The number of carbonyl (C=O) groups excluding carboxylic acids is 1. The molecular weight excluding hydrogens is 464 g/mol. The van der Waals surface area contributed by atoms with Crippen LogP contribution < -0.4 is 5.32 Å². The van der Waals surface area contributed by atoms with Crippen molar-refractivity contribution in [1.29, 1.82) is 0 Å². The smallest absolute Gasteiger partial charge is 0.255 e. The van der Waals surface area contributed by atoms with Gasteiger partial charge >= 0.3 is 0 Å². The molecule has 0 saturated heterocycles. The Kier molecular flexibility index (Phi) is 6.68. The van der Waals surface area contributed by atoms with Gasteiger partial charge in [-0.25, -0.2) is 0 Å². The Morgan fingerprint density at radius 1 is 0.974 bits per heavy atom. The average Bonchev–Trinajstić information content (AvgIpc) is 3.11. The molecule has 190 valence electrons. The van der Waals surface area contributed by atoms with Crippen molar-refractivity contribution in [3.05, 3.63) is 137 Å². The molecule has 0 fully saturated rings. The summed E-state index contributed by atoms with van der Waals surface area (Å²) in [7, 11) is 0. The molecule has 1 heterocycles. The SMILES string of the molecule is Cc1ncccc1NC(=O)c1ccc2c(c1)CCC[C@@H]1CC(c3ccccc3)=CC[C@]21Cc1ccccc1. The van der Waals surface area contributed by atoms with E-state index in [2.05, 4.69) is 89.2 Å². The summed E-state index contributed by atoms with van der Waals surface area (Å²) < 4.78 is 0. The third-order valence-corrected chi connectivity index (χ3v) is 8.63. The van der Waals surface area contributed by atoms with Crippen molar-refractivity contribution in [3.63, 3.8) is 0 Å². The van der Waals surface area contributed by atoms with Crippen LogP contribution in [0.25, 0.3) is 5.57 Å². The lowest BCUT2D eigenvalue weighted by Crippen LogP contribution is -2.39. The lowest BCUT2D eigenvalue weighted by Gasteiger charge is -2.45. The van der Waals surface area contributed by atoms with Crippen LogP contribution in [0.3, 0.4) is 0 Å². The Labute approximate surface area is 225 Å². The standard InChI is InChI=1S/C35H34N2O/c1-25-33(16-9-21-36-25)37-34(38)30-17-18-32-29(22-30)14-8-15-31-23-28(27-12-6-3-7-13-27)19-20-35(31,32)24-26-10-4-2-5-11-26/h2-7,9-13,16-19,21-22,31H,8,14-15,20,23-24H2,1H3,(H,37,38)/t31-,35-/m1/s1. The van der Waals surface area contributed by atoms with Gasteiger partial charge in [0.1, 0.15) is 0 Å². The topological polar surface area (TPSA) is 42.0 Å². The number of anilines is 1. The summed E-state index contributed by atoms with van der Waals surface area (Å²) >= 11 is 0. The maximum atomic E-state index is 13.2. The molecule has 0 spiro atoms. The Morgan fingerprint density at radius 3 is 2.55 bits per heavy atom. The summed E-state index contributed by atoms with van der Waals surface area (Å²) in [5.41, 5.74) is 9.31. The predicted molar refractivity (Wildman–Crippen MR) is 155 cm³/mol. The van der Waals surface area contributed by atoms with Crippen LogP contribution in [-0.4, -0.2) is 10.9 Å². The fourth-order valence-electron chi connectivity index (χ4n) is 6.66. The van der Waals surface area contributed by atoms with Crippen LogP contribution in [0.1, 0.15) is 64.0 Å². The largest absolute Gasteiger partial charge is 0.320 e. The first-order valence-electron chi connectivity index (χ1n) is 13.8. The van der Waals surface area contributed by atoms with Gasteiger partial charge in [0, 0.05) is 17.2 Å². The average molecular weight is 499 g/mol. The van der Waals surface area contributed by atoms with Crippen molar-refractivity contribution in [3.8, 4) is 0 Å². The van der Waals surface area contributed by atoms with Gasteiger partial charge in [-0.2, -0.15) is 0 Å². The predicted octanol–water partition coefficient (Wildman–Crippen LogP) is 7.95. The normalized spacial score (nSPS) is 20.4. The molecule has 1 amide bonds. The number of rotatable bonds is 5. The molecule has 2 aliphatic rings. The van der Waals surface area contributed by atoms with Crippen molar-refractivity contribution >= 4 is 17.2 Å². The van der Waals surface area contributed by atoms with Crippen molar-refractivity contribution in [1.82, 2.24) is 4.98 Å². The number of allylic oxidation sites excluding steroid dienone is 2. The third kappa shape index (κ3) is 4.69. The van der Waals surface area contributed by atoms with E-state index in [1.54, 1.807) is 6.20 Å². The molecule has 38 heavy (non-hydrogen) atoms. The molecule has 0 bridgehead atoms. The molecule has 1 N–H and O–H groups in total. The van der Waals surface area contributed by atoms with Crippen molar-refractivity contribution in [2.75, 3.05) is 5.32 Å². The highest BCUT2D eigenvalue weighted by Crippen LogP contribution is 2.52. The fourth-order valence-corrected chi connectivity index (χ4v) is 6.66. The highest BCUT2D eigenvalue weighted by atomic mass is 16.1. The number of nitrogens with one attached hydrogen (secondary N) is 1. The highest BCUT2D eigenvalue weighted by Gasteiger charge is 2.44. The summed E-state index contributed by atoms with van der Waals surface area (Å²) in [6.07, 6.45) is 10.7. The number of amides is 1. The summed E-state index contributed by atoms with van der Waals surface area (Å²) in [6, 6.07) is 32.0. The van der Waals surface area contributed by atoms with Crippen LogP contribution in [0.2, 0.25) is 0 Å². The third-order valence-electron chi connectivity index (χ3n) is 8.63. The Hall–Kier alpha value is -3.98. The van der Waals surface area contributed by atoms with E-state index in [9.17, 15) is 4.79 Å². The molecule has 1 aromatic heterocycles. The van der Waals surface area contributed by atoms with Crippen LogP contribution in [0.5, 0.6) is 0 Å². The first kappa shape index (κ1) is 24.4. The first-order valence-corrected chi connectivity index (χ1v) is 13.8. The minimum atomic E-state index is -0.0725. The second kappa shape index (κ2) is 10.4. The number of hydrogen-bond donors (Lipinski definition) is 1. The van der Waals surface area contributed by atoms with Crippen molar-refractivity contribution in [2.24, 2.45) is 5.92 Å². The number of pyridine rings is 1. The lowest BCUT2D eigenvalue weighted by atomic mass is 9.59. The van der Waals surface area contributed by atoms with Gasteiger partial charge in [-0.3, -0.25) is 9.78 Å². The van der Waals surface area contributed by atoms with E-state index >= 15 is 0 Å². The van der Waals surface area contributed by atoms with Gasteiger partial charge in [0.2, 0.25) is 0 Å². The van der Waals surface area contributed by atoms with Crippen LogP contribution in [0.4, 0.5) is 5.69 Å². The lowest BCUT2D eigenvalue weighted by molar-refractivity contribution is 0.102. The van der Waals surface area contributed by atoms with E-state index in [0.29, 0.717) is 5.92 Å². The van der Waals surface area contributed by atoms with Crippen molar-refractivity contribution < 1.29 is 4.79 Å². The van der Waals surface area contributed by atoms with Gasteiger partial charge in [-0.1, -0.05) is 72.8 Å². The van der Waals surface area contributed by atoms with E-state index in [4.69, 9.17) is 0 Å². The van der Waals surface area contributed by atoms with E-state index < -0.39 is 0 Å². The zero-order valence-corrected chi connectivity index (χ0v) is 22.0. The van der Waals surface area contributed by atoms with Gasteiger partial charge in [0.05, 0.1) is 11.4 Å². The number of aryl methyl sites for hydroxylation is 2. The van der Waals surface area contributed by atoms with Gasteiger partial charge in [0.15, 0.2) is 0 Å². The quantitative estimate of drug-likeness (QED) is 0.303. The molecule has 2 atom stereocenters. The molecule has 3 aromatic carbocycles. The molecule has 4 aromatic rings. The van der Waals surface area contributed by atoms with Gasteiger partial charge in [-0.15, -0.1) is 0 Å². The minimum Gasteiger partial charge on any atom is -0.320 e. The van der Waals surface area contributed by atoms with E-state index in [1.165, 1.54) is 34.2 Å². The van der Waals surface area contributed by atoms with Crippen LogP contribution in [0, 0.1) is 12.8 Å². The van der Waals surface area contributed by atoms with Gasteiger partial charge in [-0.05, 0) is 103 Å². The molecule has 0 radical (unpaired) electrons. The molecule has 2 aliphatic carbocycles. The molecule has 0 saturated carbocycles. The Bertz CT molecular complexity index is 1470. The first-order chi connectivity index (χ1) is 18.6. The summed E-state index contributed by atoms with van der Waals surface area (Å²) in [5, 5.41) is 3.07. The second-order valence-electron chi connectivity index (χ2n) is 10.9. The molecule has 0 aliphatic heterocycles.